The summed E-state index contributed by atoms with van der Waals surface area (Å²) in [6, 6.07) is 1.73. The van der Waals surface area contributed by atoms with E-state index in [1.165, 1.54) is 0 Å². The number of nitrogens with zero attached hydrogens (tertiary/aromatic N) is 4. The van der Waals surface area contributed by atoms with E-state index in [4.69, 9.17) is 0 Å². The molecule has 7 nitrogen and oxygen atoms in total. The van der Waals surface area contributed by atoms with Crippen LogP contribution in [-0.2, 0) is 7.05 Å². The van der Waals surface area contributed by atoms with E-state index < -0.39 is 0 Å². The molecule has 1 amide bonds. The maximum absolute atomic E-state index is 12.4. The van der Waals surface area contributed by atoms with E-state index in [2.05, 4.69) is 25.7 Å². The minimum atomic E-state index is -0.297. The molecule has 0 radical (unpaired) electrons. The molecular weight excluding hydrogens is 268 g/mol. The van der Waals surface area contributed by atoms with Gasteiger partial charge in [-0.2, -0.15) is 5.10 Å². The summed E-state index contributed by atoms with van der Waals surface area (Å²) in [5.74, 6) is 0.994. The molecule has 0 bridgehead atoms. The van der Waals surface area contributed by atoms with E-state index in [0.717, 1.165) is 0 Å². The highest BCUT2D eigenvalue weighted by molar-refractivity contribution is 6.05. The second kappa shape index (κ2) is 6.34. The first-order valence-corrected chi connectivity index (χ1v) is 6.93. The molecule has 0 fully saturated rings. The molecule has 0 saturated carbocycles. The Morgan fingerprint density at radius 3 is 2.76 bits per heavy atom. The van der Waals surface area contributed by atoms with Crippen molar-refractivity contribution in [3.8, 4) is 0 Å². The second-order valence-electron chi connectivity index (χ2n) is 5.00. The Morgan fingerprint density at radius 1 is 1.43 bits per heavy atom. The van der Waals surface area contributed by atoms with E-state index in [9.17, 15) is 4.79 Å². The van der Waals surface area contributed by atoms with E-state index in [1.54, 1.807) is 30.2 Å². The molecule has 112 valence electrons. The molecule has 2 rings (SSSR count). The minimum absolute atomic E-state index is 0.155. The third-order valence-electron chi connectivity index (χ3n) is 2.86. The van der Waals surface area contributed by atoms with Gasteiger partial charge < -0.3 is 10.6 Å². The lowest BCUT2D eigenvalue weighted by Crippen LogP contribution is -2.19. The van der Waals surface area contributed by atoms with Crippen LogP contribution >= 0.6 is 0 Å². The van der Waals surface area contributed by atoms with Gasteiger partial charge in [-0.1, -0.05) is 13.8 Å². The fraction of sp³-hybridized carbons (Fsp3) is 0.429. The van der Waals surface area contributed by atoms with Gasteiger partial charge in [0.25, 0.3) is 5.91 Å². The summed E-state index contributed by atoms with van der Waals surface area (Å²) in [5.41, 5.74) is 0.955. The molecule has 7 heteroatoms. The lowest BCUT2D eigenvalue weighted by Gasteiger charge is -2.11. The topological polar surface area (TPSA) is 84.7 Å². The van der Waals surface area contributed by atoms with Crippen LogP contribution in [-0.4, -0.2) is 32.2 Å². The predicted molar refractivity (Wildman–Crippen MR) is 81.4 cm³/mol. The van der Waals surface area contributed by atoms with Gasteiger partial charge in [-0.25, -0.2) is 9.97 Å². The van der Waals surface area contributed by atoms with E-state index in [-0.39, 0.29) is 11.8 Å². The van der Waals surface area contributed by atoms with Gasteiger partial charge >= 0.3 is 0 Å². The number of carbonyl (C=O) groups is 1. The van der Waals surface area contributed by atoms with Crippen molar-refractivity contribution < 1.29 is 4.79 Å². The summed E-state index contributed by atoms with van der Waals surface area (Å²) < 4.78 is 1.63. The molecule has 0 aliphatic carbocycles. The van der Waals surface area contributed by atoms with Crippen LogP contribution in [0.2, 0.25) is 0 Å². The molecule has 2 aromatic heterocycles. The van der Waals surface area contributed by atoms with Crippen molar-refractivity contribution in [1.82, 2.24) is 19.7 Å². The molecule has 0 aliphatic rings. The molecule has 21 heavy (non-hydrogen) atoms. The number of rotatable bonds is 5. The summed E-state index contributed by atoms with van der Waals surface area (Å²) in [5, 5.41) is 9.98. The summed E-state index contributed by atoms with van der Waals surface area (Å²) in [4.78, 5) is 21.1. The number of anilines is 2. The van der Waals surface area contributed by atoms with Crippen LogP contribution < -0.4 is 10.6 Å². The molecule has 0 spiro atoms. The Balaban J connectivity index is 2.30. The van der Waals surface area contributed by atoms with Gasteiger partial charge in [-0.15, -0.1) is 0 Å². The van der Waals surface area contributed by atoms with Gasteiger partial charge in [0.05, 0.1) is 11.9 Å². The van der Waals surface area contributed by atoms with Crippen LogP contribution in [0.15, 0.2) is 18.5 Å². The third-order valence-corrected chi connectivity index (χ3v) is 2.86. The monoisotopic (exact) mass is 288 g/mol. The van der Waals surface area contributed by atoms with Gasteiger partial charge in [-0.05, 0) is 6.92 Å². The normalized spacial score (nSPS) is 10.7. The lowest BCUT2D eigenvalue weighted by atomic mass is 10.2. The van der Waals surface area contributed by atoms with Crippen molar-refractivity contribution in [3.63, 3.8) is 0 Å². The van der Waals surface area contributed by atoms with Crippen molar-refractivity contribution in [1.29, 1.82) is 0 Å². The third kappa shape index (κ3) is 3.56. The van der Waals surface area contributed by atoms with Crippen LogP contribution in [0.5, 0.6) is 0 Å². The minimum Gasteiger partial charge on any atom is -0.382 e. The highest BCUT2D eigenvalue weighted by atomic mass is 16.2. The smallest absolute Gasteiger partial charge is 0.277 e. The molecule has 0 aliphatic heterocycles. The molecular formula is C14H20N6O. The Morgan fingerprint density at radius 2 is 2.19 bits per heavy atom. The van der Waals surface area contributed by atoms with Gasteiger partial charge in [0.2, 0.25) is 0 Å². The first-order valence-electron chi connectivity index (χ1n) is 6.93. The number of aryl methyl sites for hydroxylation is 1. The first-order chi connectivity index (χ1) is 10.0. The maximum Gasteiger partial charge on any atom is 0.277 e. The van der Waals surface area contributed by atoms with Crippen LogP contribution in [0, 0.1) is 0 Å². The Bertz CT molecular complexity index is 634. The SMILES string of the molecule is CCNc1cnc(C(C)C)nc1C(=O)Nc1ccn(C)n1. The fourth-order valence-electron chi connectivity index (χ4n) is 1.82. The standard InChI is InChI=1S/C14H20N6O/c1-5-15-10-8-16-13(9(2)3)18-12(10)14(21)17-11-6-7-20(4)19-11/h6-9,15H,5H2,1-4H3,(H,17,19,21). The number of aromatic nitrogens is 4. The van der Waals surface area contributed by atoms with Crippen molar-refractivity contribution in [3.05, 3.63) is 30.0 Å². The molecule has 2 aromatic rings. The number of hydrogen-bond donors (Lipinski definition) is 2. The van der Waals surface area contributed by atoms with E-state index in [0.29, 0.717) is 29.6 Å². The van der Waals surface area contributed by atoms with Gasteiger partial charge in [0.15, 0.2) is 11.5 Å². The summed E-state index contributed by atoms with van der Waals surface area (Å²) in [7, 11) is 1.79. The number of carbonyl (C=O) groups excluding carboxylic acids is 1. The average molecular weight is 288 g/mol. The van der Waals surface area contributed by atoms with Crippen LogP contribution in [0.1, 0.15) is 43.0 Å². The zero-order chi connectivity index (χ0) is 15.4. The summed E-state index contributed by atoms with van der Waals surface area (Å²) >= 11 is 0. The van der Waals surface area contributed by atoms with Gasteiger partial charge in [0.1, 0.15) is 5.82 Å². The average Bonchev–Trinajstić information content (AvgIpc) is 2.84. The zero-order valence-corrected chi connectivity index (χ0v) is 12.7. The molecule has 2 heterocycles. The number of amides is 1. The first kappa shape index (κ1) is 15.0. The van der Waals surface area contributed by atoms with Gasteiger partial charge in [-0.3, -0.25) is 9.48 Å². The number of hydrogen-bond acceptors (Lipinski definition) is 5. The quantitative estimate of drug-likeness (QED) is 0.879. The Labute approximate surface area is 123 Å². The largest absolute Gasteiger partial charge is 0.382 e. The lowest BCUT2D eigenvalue weighted by molar-refractivity contribution is 0.102. The van der Waals surface area contributed by atoms with Crippen molar-refractivity contribution in [2.45, 2.75) is 26.7 Å². The van der Waals surface area contributed by atoms with Crippen LogP contribution in [0.4, 0.5) is 11.5 Å². The molecule has 0 aromatic carbocycles. The predicted octanol–water partition coefficient (Wildman–Crippen LogP) is 2.02. The Hall–Kier alpha value is -2.44. The molecule has 2 N–H and O–H groups in total. The summed E-state index contributed by atoms with van der Waals surface area (Å²) in [6.07, 6.45) is 3.42. The molecule has 0 saturated heterocycles. The van der Waals surface area contributed by atoms with E-state index >= 15 is 0 Å². The van der Waals surface area contributed by atoms with Crippen LogP contribution in [0.25, 0.3) is 0 Å². The zero-order valence-electron chi connectivity index (χ0n) is 12.7. The Kier molecular flexibility index (Phi) is 4.52. The van der Waals surface area contributed by atoms with Crippen molar-refractivity contribution >= 4 is 17.4 Å². The highest BCUT2D eigenvalue weighted by Gasteiger charge is 2.17. The number of nitrogens with one attached hydrogen (secondary N) is 2. The second-order valence-corrected chi connectivity index (χ2v) is 5.00. The molecule has 0 atom stereocenters. The molecule has 0 unspecified atom stereocenters. The van der Waals surface area contributed by atoms with E-state index in [1.807, 2.05) is 20.8 Å². The van der Waals surface area contributed by atoms with Crippen molar-refractivity contribution in [2.24, 2.45) is 7.05 Å². The maximum atomic E-state index is 12.4. The van der Waals surface area contributed by atoms with Crippen LogP contribution in [0.3, 0.4) is 0 Å². The summed E-state index contributed by atoms with van der Waals surface area (Å²) in [6.45, 7) is 6.62. The fourth-order valence-corrected chi connectivity index (χ4v) is 1.82. The van der Waals surface area contributed by atoms with Gasteiger partial charge in [0, 0.05) is 31.8 Å². The van der Waals surface area contributed by atoms with Crippen molar-refractivity contribution in [2.75, 3.05) is 17.2 Å². The highest BCUT2D eigenvalue weighted by Crippen LogP contribution is 2.17.